The molecule has 2 N–H and O–H groups in total. The van der Waals surface area contributed by atoms with E-state index in [1.54, 1.807) is 17.1 Å². The van der Waals surface area contributed by atoms with E-state index in [0.29, 0.717) is 5.75 Å². The molecule has 168 valence electrons. The van der Waals surface area contributed by atoms with Gasteiger partial charge < -0.3 is 15.2 Å². The van der Waals surface area contributed by atoms with Crippen LogP contribution < -0.4 is 15.2 Å². The fraction of sp³-hybridized carbons (Fsp3) is 0.259. The highest BCUT2D eigenvalue weighted by Gasteiger charge is 2.28. The molecule has 1 aliphatic rings. The van der Waals surface area contributed by atoms with Gasteiger partial charge in [-0.1, -0.05) is 38.1 Å². The molecule has 2 aromatic heterocycles. The maximum atomic E-state index is 5.99. The third-order valence-electron chi connectivity index (χ3n) is 6.28. The van der Waals surface area contributed by atoms with Crippen molar-refractivity contribution in [2.24, 2.45) is 5.73 Å². The number of nitrogens with zero attached hydrogens (tertiary/aromatic N) is 3. The summed E-state index contributed by atoms with van der Waals surface area (Å²) in [5.74, 6) is 3.10. The Morgan fingerprint density at radius 3 is 2.06 bits per heavy atom. The molecule has 0 aliphatic heterocycles. The van der Waals surface area contributed by atoms with E-state index in [1.807, 2.05) is 36.5 Å². The first-order valence-corrected chi connectivity index (χ1v) is 11.2. The molecule has 6 heteroatoms. The zero-order valence-corrected chi connectivity index (χ0v) is 18.9. The van der Waals surface area contributed by atoms with Gasteiger partial charge in [-0.25, -0.2) is 9.67 Å². The summed E-state index contributed by atoms with van der Waals surface area (Å²) in [6.45, 7) is 4.45. The molecule has 6 nitrogen and oxygen atoms in total. The van der Waals surface area contributed by atoms with Crippen molar-refractivity contribution in [2.75, 3.05) is 0 Å². The molecule has 0 bridgehead atoms. The fourth-order valence-electron chi connectivity index (χ4n) is 4.06. The molecular formula is C27H28N4O2. The summed E-state index contributed by atoms with van der Waals surface area (Å²) in [4.78, 5) is 4.41. The summed E-state index contributed by atoms with van der Waals surface area (Å²) in [6, 6.07) is 22.5. The van der Waals surface area contributed by atoms with E-state index < -0.39 is 0 Å². The number of rotatable bonds is 7. The standard InChI is InChI=1S/C27H28N4O2/c1-27(2,20-6-10-23(11-7-20)33-25-16-21(28)17-25)19-4-8-22(9-5-19)32-24-12-13-26(29-18-24)31-15-3-14-30-31/h3-15,18,21,25H,16-17,28H2,1-2H3. The zero-order chi connectivity index (χ0) is 22.8. The Morgan fingerprint density at radius 2 is 1.52 bits per heavy atom. The van der Waals surface area contributed by atoms with Crippen LogP contribution in [0.1, 0.15) is 37.8 Å². The molecule has 0 radical (unpaired) electrons. The topological polar surface area (TPSA) is 75.2 Å². The van der Waals surface area contributed by atoms with Crippen molar-refractivity contribution in [2.45, 2.75) is 44.2 Å². The summed E-state index contributed by atoms with van der Waals surface area (Å²) < 4.78 is 13.7. The Labute approximate surface area is 194 Å². The third-order valence-corrected chi connectivity index (χ3v) is 6.28. The lowest BCUT2D eigenvalue weighted by Crippen LogP contribution is -2.43. The molecule has 1 saturated carbocycles. The summed E-state index contributed by atoms with van der Waals surface area (Å²) in [6.07, 6.45) is 7.41. The average molecular weight is 441 g/mol. The SMILES string of the molecule is CC(C)(c1ccc(Oc2ccc(-n3cccn3)nc2)cc1)c1ccc(OC2CC(N)C2)cc1. The second kappa shape index (κ2) is 8.71. The van der Waals surface area contributed by atoms with Gasteiger partial charge in [0, 0.05) is 23.9 Å². The minimum absolute atomic E-state index is 0.150. The Balaban J connectivity index is 1.24. The van der Waals surface area contributed by atoms with Crippen LogP contribution in [-0.4, -0.2) is 26.9 Å². The van der Waals surface area contributed by atoms with Crippen LogP contribution in [0.3, 0.4) is 0 Å². The van der Waals surface area contributed by atoms with Crippen molar-refractivity contribution in [3.63, 3.8) is 0 Å². The highest BCUT2D eigenvalue weighted by Crippen LogP contribution is 2.34. The monoisotopic (exact) mass is 440 g/mol. The predicted octanol–water partition coefficient (Wildman–Crippen LogP) is 5.25. The summed E-state index contributed by atoms with van der Waals surface area (Å²) in [7, 11) is 0. The van der Waals surface area contributed by atoms with Crippen molar-refractivity contribution in [3.05, 3.63) is 96.4 Å². The van der Waals surface area contributed by atoms with Crippen LogP contribution in [0.2, 0.25) is 0 Å². The van der Waals surface area contributed by atoms with Crippen molar-refractivity contribution in [1.29, 1.82) is 0 Å². The van der Waals surface area contributed by atoms with Crippen molar-refractivity contribution in [1.82, 2.24) is 14.8 Å². The van der Waals surface area contributed by atoms with E-state index in [9.17, 15) is 0 Å². The second-order valence-electron chi connectivity index (χ2n) is 9.05. The summed E-state index contributed by atoms with van der Waals surface area (Å²) >= 11 is 0. The molecule has 1 fully saturated rings. The molecule has 0 unspecified atom stereocenters. The van der Waals surface area contributed by atoms with E-state index in [0.717, 1.165) is 30.2 Å². The lowest BCUT2D eigenvalue weighted by atomic mass is 9.78. The van der Waals surface area contributed by atoms with Crippen LogP contribution in [0.15, 0.2) is 85.3 Å². The van der Waals surface area contributed by atoms with Gasteiger partial charge in [0.15, 0.2) is 5.82 Å². The number of pyridine rings is 1. The number of nitrogens with two attached hydrogens (primary N) is 1. The van der Waals surface area contributed by atoms with Crippen LogP contribution in [0.4, 0.5) is 0 Å². The average Bonchev–Trinajstić information content (AvgIpc) is 3.34. The Bertz CT molecular complexity index is 1180. The predicted molar refractivity (Wildman–Crippen MR) is 128 cm³/mol. The molecule has 0 atom stereocenters. The highest BCUT2D eigenvalue weighted by molar-refractivity contribution is 5.43. The first-order valence-electron chi connectivity index (χ1n) is 11.2. The van der Waals surface area contributed by atoms with Gasteiger partial charge in [-0.05, 0) is 66.4 Å². The van der Waals surface area contributed by atoms with Gasteiger partial charge in [-0.3, -0.25) is 0 Å². The van der Waals surface area contributed by atoms with Crippen molar-refractivity contribution >= 4 is 0 Å². The maximum absolute atomic E-state index is 5.99. The molecular weight excluding hydrogens is 412 g/mol. The molecule has 5 rings (SSSR count). The van der Waals surface area contributed by atoms with Crippen LogP contribution in [0.5, 0.6) is 17.2 Å². The van der Waals surface area contributed by atoms with E-state index in [4.69, 9.17) is 15.2 Å². The van der Waals surface area contributed by atoms with Gasteiger partial charge in [0.05, 0.1) is 6.20 Å². The first-order chi connectivity index (χ1) is 16.0. The number of aromatic nitrogens is 3. The van der Waals surface area contributed by atoms with Gasteiger partial charge in [0.1, 0.15) is 23.4 Å². The molecule has 2 aromatic carbocycles. The highest BCUT2D eigenvalue weighted by atomic mass is 16.5. The minimum atomic E-state index is -0.150. The smallest absolute Gasteiger partial charge is 0.153 e. The molecule has 0 spiro atoms. The van der Waals surface area contributed by atoms with E-state index in [1.165, 1.54) is 11.1 Å². The fourth-order valence-corrected chi connectivity index (χ4v) is 4.06. The number of ether oxygens (including phenoxy) is 2. The summed E-state index contributed by atoms with van der Waals surface area (Å²) in [5, 5.41) is 4.19. The van der Waals surface area contributed by atoms with Crippen molar-refractivity contribution in [3.8, 4) is 23.1 Å². The minimum Gasteiger partial charge on any atom is -0.490 e. The Morgan fingerprint density at radius 1 is 0.879 bits per heavy atom. The first kappa shape index (κ1) is 21.2. The Kier molecular flexibility index (Phi) is 5.60. The van der Waals surface area contributed by atoms with Gasteiger partial charge in [0.25, 0.3) is 0 Å². The van der Waals surface area contributed by atoms with E-state index in [-0.39, 0.29) is 17.6 Å². The lowest BCUT2D eigenvalue weighted by molar-refractivity contribution is 0.101. The quantitative estimate of drug-likeness (QED) is 0.425. The maximum Gasteiger partial charge on any atom is 0.153 e. The molecule has 1 aliphatic carbocycles. The normalized spacial score (nSPS) is 17.9. The lowest BCUT2D eigenvalue weighted by Gasteiger charge is -2.33. The Hall–Kier alpha value is -3.64. The third kappa shape index (κ3) is 4.61. The van der Waals surface area contributed by atoms with Crippen LogP contribution >= 0.6 is 0 Å². The molecule has 0 amide bonds. The van der Waals surface area contributed by atoms with Crippen LogP contribution in [0, 0.1) is 0 Å². The number of hydrogen-bond donors (Lipinski definition) is 1. The largest absolute Gasteiger partial charge is 0.490 e. The molecule has 0 saturated heterocycles. The number of hydrogen-bond acceptors (Lipinski definition) is 5. The van der Waals surface area contributed by atoms with Gasteiger partial charge in [-0.2, -0.15) is 5.10 Å². The van der Waals surface area contributed by atoms with Crippen molar-refractivity contribution < 1.29 is 9.47 Å². The molecule has 2 heterocycles. The van der Waals surface area contributed by atoms with Gasteiger partial charge in [-0.15, -0.1) is 0 Å². The van der Waals surface area contributed by atoms with Crippen LogP contribution in [0.25, 0.3) is 5.82 Å². The van der Waals surface area contributed by atoms with Gasteiger partial charge >= 0.3 is 0 Å². The second-order valence-corrected chi connectivity index (χ2v) is 9.05. The van der Waals surface area contributed by atoms with Crippen LogP contribution in [-0.2, 0) is 5.41 Å². The number of benzene rings is 2. The van der Waals surface area contributed by atoms with E-state index in [2.05, 4.69) is 60.3 Å². The molecule has 33 heavy (non-hydrogen) atoms. The van der Waals surface area contributed by atoms with Gasteiger partial charge in [0.2, 0.25) is 0 Å². The summed E-state index contributed by atoms with van der Waals surface area (Å²) in [5.41, 5.74) is 8.14. The van der Waals surface area contributed by atoms with E-state index >= 15 is 0 Å². The zero-order valence-electron chi connectivity index (χ0n) is 18.9. The molecule has 4 aromatic rings.